The lowest BCUT2D eigenvalue weighted by Gasteiger charge is -2.26. The number of morpholine rings is 1. The number of hydrogen-bond acceptors (Lipinski definition) is 7. The molecule has 1 aromatic carbocycles. The first kappa shape index (κ1) is 20.4. The summed E-state index contributed by atoms with van der Waals surface area (Å²) in [7, 11) is 0. The van der Waals surface area contributed by atoms with Crippen molar-refractivity contribution in [2.45, 2.75) is 20.8 Å². The zero-order valence-electron chi connectivity index (χ0n) is 17.2. The highest BCUT2D eigenvalue weighted by Crippen LogP contribution is 2.25. The minimum Gasteiger partial charge on any atom is -0.379 e. The number of rotatable bonds is 9. The number of nitrogens with one attached hydrogen (secondary N) is 2. The van der Waals surface area contributed by atoms with Crippen LogP contribution in [-0.2, 0) is 4.74 Å². The smallest absolute Gasteiger partial charge is 0.135 e. The van der Waals surface area contributed by atoms with E-state index in [2.05, 4.69) is 69.4 Å². The Labute approximate surface area is 168 Å². The molecule has 1 fully saturated rings. The van der Waals surface area contributed by atoms with Gasteiger partial charge in [-0.05, 0) is 44.5 Å². The average Bonchev–Trinajstić information content (AvgIpc) is 2.72. The summed E-state index contributed by atoms with van der Waals surface area (Å²) in [6, 6.07) is 8.46. The highest BCUT2D eigenvalue weighted by molar-refractivity contribution is 5.66. The molecular formula is C21H32N6O. The van der Waals surface area contributed by atoms with Gasteiger partial charge in [0.25, 0.3) is 0 Å². The highest BCUT2D eigenvalue weighted by atomic mass is 16.5. The molecule has 1 saturated heterocycles. The third kappa shape index (κ3) is 5.56. The largest absolute Gasteiger partial charge is 0.379 e. The topological polar surface area (TPSA) is 65.5 Å². The molecule has 28 heavy (non-hydrogen) atoms. The van der Waals surface area contributed by atoms with Gasteiger partial charge in [0.05, 0.1) is 13.2 Å². The monoisotopic (exact) mass is 384 g/mol. The van der Waals surface area contributed by atoms with Crippen LogP contribution in [0.4, 0.5) is 23.0 Å². The first-order chi connectivity index (χ1) is 13.7. The molecule has 2 aromatic rings. The van der Waals surface area contributed by atoms with Gasteiger partial charge in [-0.1, -0.05) is 0 Å². The van der Waals surface area contributed by atoms with Crippen molar-refractivity contribution in [3.05, 3.63) is 36.2 Å². The second kappa shape index (κ2) is 10.2. The maximum absolute atomic E-state index is 5.39. The summed E-state index contributed by atoms with van der Waals surface area (Å²) in [5.41, 5.74) is 3.51. The van der Waals surface area contributed by atoms with Crippen LogP contribution in [0.15, 0.2) is 30.6 Å². The van der Waals surface area contributed by atoms with Gasteiger partial charge in [0, 0.05) is 56.7 Å². The molecule has 1 aliphatic rings. The van der Waals surface area contributed by atoms with Crippen LogP contribution >= 0.6 is 0 Å². The Morgan fingerprint density at radius 2 is 1.82 bits per heavy atom. The molecule has 0 spiro atoms. The molecular weight excluding hydrogens is 352 g/mol. The number of hydrogen-bond donors (Lipinski definition) is 2. The number of aryl methyl sites for hydroxylation is 1. The van der Waals surface area contributed by atoms with E-state index in [1.54, 1.807) is 6.33 Å². The zero-order chi connectivity index (χ0) is 19.8. The first-order valence-electron chi connectivity index (χ1n) is 10.2. The molecule has 1 aliphatic heterocycles. The maximum Gasteiger partial charge on any atom is 0.135 e. The van der Waals surface area contributed by atoms with E-state index < -0.39 is 0 Å². The Balaban J connectivity index is 1.58. The molecule has 0 aliphatic carbocycles. The highest BCUT2D eigenvalue weighted by Gasteiger charge is 2.10. The van der Waals surface area contributed by atoms with Crippen molar-refractivity contribution in [3.63, 3.8) is 0 Å². The quantitative estimate of drug-likeness (QED) is 0.688. The minimum absolute atomic E-state index is 0.794. The van der Waals surface area contributed by atoms with Crippen LogP contribution in [0.1, 0.15) is 19.4 Å². The second-order valence-electron chi connectivity index (χ2n) is 6.97. The van der Waals surface area contributed by atoms with Gasteiger partial charge in [0.2, 0.25) is 0 Å². The Bertz CT molecular complexity index is 743. The molecule has 3 rings (SSSR count). The molecule has 0 unspecified atom stereocenters. The van der Waals surface area contributed by atoms with E-state index in [0.717, 1.165) is 69.8 Å². The Morgan fingerprint density at radius 1 is 1.07 bits per heavy atom. The van der Waals surface area contributed by atoms with Gasteiger partial charge in [-0.3, -0.25) is 4.90 Å². The predicted octanol–water partition coefficient (Wildman–Crippen LogP) is 3.12. The maximum atomic E-state index is 5.39. The number of anilines is 4. The first-order valence-corrected chi connectivity index (χ1v) is 10.2. The summed E-state index contributed by atoms with van der Waals surface area (Å²) in [6.45, 7) is 14.0. The number of benzene rings is 1. The minimum atomic E-state index is 0.794. The van der Waals surface area contributed by atoms with E-state index in [0.29, 0.717) is 0 Å². The van der Waals surface area contributed by atoms with Gasteiger partial charge in [-0.15, -0.1) is 0 Å². The fourth-order valence-electron chi connectivity index (χ4n) is 3.40. The molecule has 152 valence electrons. The molecule has 2 heterocycles. The van der Waals surface area contributed by atoms with E-state index in [1.165, 1.54) is 11.3 Å². The molecule has 0 radical (unpaired) electrons. The second-order valence-corrected chi connectivity index (χ2v) is 6.97. The molecule has 7 nitrogen and oxygen atoms in total. The van der Waals surface area contributed by atoms with E-state index in [-0.39, 0.29) is 0 Å². The Hall–Kier alpha value is -2.38. The van der Waals surface area contributed by atoms with Gasteiger partial charge in [-0.2, -0.15) is 0 Å². The van der Waals surface area contributed by atoms with E-state index in [4.69, 9.17) is 4.74 Å². The van der Waals surface area contributed by atoms with Crippen molar-refractivity contribution < 1.29 is 4.74 Å². The lowest BCUT2D eigenvalue weighted by atomic mass is 10.1. The summed E-state index contributed by atoms with van der Waals surface area (Å²) >= 11 is 0. The van der Waals surface area contributed by atoms with Crippen molar-refractivity contribution in [2.75, 3.05) is 68.0 Å². The lowest BCUT2D eigenvalue weighted by Crippen LogP contribution is -2.39. The van der Waals surface area contributed by atoms with Gasteiger partial charge in [-0.25, -0.2) is 9.97 Å². The van der Waals surface area contributed by atoms with Gasteiger partial charge in [0.15, 0.2) is 0 Å². The van der Waals surface area contributed by atoms with Gasteiger partial charge in [0.1, 0.15) is 18.0 Å². The van der Waals surface area contributed by atoms with E-state index >= 15 is 0 Å². The fraction of sp³-hybridized carbons (Fsp3) is 0.524. The summed E-state index contributed by atoms with van der Waals surface area (Å²) in [5.74, 6) is 1.63. The number of ether oxygens (including phenoxy) is 1. The van der Waals surface area contributed by atoms with Crippen molar-refractivity contribution in [1.29, 1.82) is 0 Å². The summed E-state index contributed by atoms with van der Waals surface area (Å²) in [6.07, 6.45) is 1.60. The third-order valence-electron chi connectivity index (χ3n) is 5.11. The summed E-state index contributed by atoms with van der Waals surface area (Å²) in [4.78, 5) is 13.4. The number of aromatic nitrogens is 2. The fourth-order valence-corrected chi connectivity index (χ4v) is 3.40. The summed E-state index contributed by atoms with van der Waals surface area (Å²) in [5, 5.41) is 6.81. The van der Waals surface area contributed by atoms with Crippen LogP contribution in [0, 0.1) is 6.92 Å². The van der Waals surface area contributed by atoms with Crippen molar-refractivity contribution >= 4 is 23.0 Å². The molecule has 0 saturated carbocycles. The summed E-state index contributed by atoms with van der Waals surface area (Å²) < 4.78 is 5.39. The van der Waals surface area contributed by atoms with Crippen LogP contribution in [0.5, 0.6) is 0 Å². The van der Waals surface area contributed by atoms with Gasteiger partial charge >= 0.3 is 0 Å². The predicted molar refractivity (Wildman–Crippen MR) is 116 cm³/mol. The van der Waals surface area contributed by atoms with Crippen LogP contribution in [0.25, 0.3) is 0 Å². The molecule has 0 amide bonds. The standard InChI is InChI=1S/C21H32N6O/c1-4-27(5-2)18-6-7-19(17(3)14-18)25-21-15-20(23-16-24-21)22-8-9-26-10-12-28-13-11-26/h6-7,14-16H,4-5,8-13H2,1-3H3,(H2,22,23,24,25). The average molecular weight is 385 g/mol. The molecule has 1 aromatic heterocycles. The van der Waals surface area contributed by atoms with Crippen molar-refractivity contribution in [2.24, 2.45) is 0 Å². The van der Waals surface area contributed by atoms with Gasteiger partial charge < -0.3 is 20.3 Å². The van der Waals surface area contributed by atoms with Crippen LogP contribution in [0.2, 0.25) is 0 Å². The molecule has 7 heteroatoms. The molecule has 2 N–H and O–H groups in total. The third-order valence-corrected chi connectivity index (χ3v) is 5.11. The van der Waals surface area contributed by atoms with Crippen LogP contribution in [0.3, 0.4) is 0 Å². The van der Waals surface area contributed by atoms with E-state index in [9.17, 15) is 0 Å². The SMILES string of the molecule is CCN(CC)c1ccc(Nc2cc(NCCN3CCOCC3)ncn2)c(C)c1. The zero-order valence-corrected chi connectivity index (χ0v) is 17.2. The Kier molecular flexibility index (Phi) is 7.45. The number of nitrogens with zero attached hydrogens (tertiary/aromatic N) is 4. The van der Waals surface area contributed by atoms with Crippen molar-refractivity contribution in [3.8, 4) is 0 Å². The normalized spacial score (nSPS) is 14.7. The van der Waals surface area contributed by atoms with E-state index in [1.807, 2.05) is 6.07 Å². The van der Waals surface area contributed by atoms with Crippen LogP contribution < -0.4 is 15.5 Å². The Morgan fingerprint density at radius 3 is 2.54 bits per heavy atom. The van der Waals surface area contributed by atoms with Crippen molar-refractivity contribution in [1.82, 2.24) is 14.9 Å². The van der Waals surface area contributed by atoms with Crippen LogP contribution in [-0.4, -0.2) is 67.4 Å². The lowest BCUT2D eigenvalue weighted by molar-refractivity contribution is 0.0398. The molecule has 0 atom stereocenters. The molecule has 0 bridgehead atoms.